The summed E-state index contributed by atoms with van der Waals surface area (Å²) < 4.78 is 6.72. The number of aryl methyl sites for hydroxylation is 1. The van der Waals surface area contributed by atoms with Gasteiger partial charge in [0.2, 0.25) is 0 Å². The second kappa shape index (κ2) is 7.07. The van der Waals surface area contributed by atoms with Gasteiger partial charge in [-0.05, 0) is 31.2 Å². The highest BCUT2D eigenvalue weighted by Crippen LogP contribution is 2.32. The molecule has 4 heterocycles. The van der Waals surface area contributed by atoms with Crippen LogP contribution in [-0.2, 0) is 4.74 Å². The summed E-state index contributed by atoms with van der Waals surface area (Å²) in [4.78, 5) is 16.8. The molecule has 0 bridgehead atoms. The summed E-state index contributed by atoms with van der Waals surface area (Å²) in [5.41, 5.74) is 1.91. The first-order chi connectivity index (χ1) is 12.2. The van der Waals surface area contributed by atoms with Gasteiger partial charge in [0.25, 0.3) is 0 Å². The second-order valence-electron chi connectivity index (χ2n) is 5.87. The summed E-state index contributed by atoms with van der Waals surface area (Å²) in [6.07, 6.45) is 3.53. The first kappa shape index (κ1) is 16.4. The SMILES string of the molecule is Cc1cc(N2CCO[C@@H](c3ccc(Cl)s3)C2)nc(-c2ccncc2)n1. The van der Waals surface area contributed by atoms with Crippen molar-refractivity contribution in [3.05, 3.63) is 57.6 Å². The predicted molar refractivity (Wildman–Crippen MR) is 100 cm³/mol. The van der Waals surface area contributed by atoms with E-state index in [1.54, 1.807) is 23.7 Å². The van der Waals surface area contributed by atoms with E-state index >= 15 is 0 Å². The Morgan fingerprint density at radius 1 is 1.20 bits per heavy atom. The molecule has 0 radical (unpaired) electrons. The molecule has 0 aliphatic carbocycles. The molecule has 0 amide bonds. The first-order valence-corrected chi connectivity index (χ1v) is 9.26. The standard InChI is InChI=1S/C18H17ClN4OS/c1-12-10-17(22-18(21-12)13-4-6-20-7-5-13)23-8-9-24-14(11-23)15-2-3-16(19)25-15/h2-7,10,14H,8-9,11H2,1H3/t14-/m1/s1. The van der Waals surface area contributed by atoms with Gasteiger partial charge in [0.15, 0.2) is 5.82 Å². The number of halogens is 1. The second-order valence-corrected chi connectivity index (χ2v) is 7.62. The Morgan fingerprint density at radius 2 is 2.04 bits per heavy atom. The minimum absolute atomic E-state index is 0.0193. The fourth-order valence-electron chi connectivity index (χ4n) is 2.87. The van der Waals surface area contributed by atoms with Gasteiger partial charge < -0.3 is 9.64 Å². The summed E-state index contributed by atoms with van der Waals surface area (Å²) in [7, 11) is 0. The van der Waals surface area contributed by atoms with E-state index in [0.717, 1.165) is 45.2 Å². The lowest BCUT2D eigenvalue weighted by Gasteiger charge is -2.33. The van der Waals surface area contributed by atoms with Gasteiger partial charge >= 0.3 is 0 Å². The maximum absolute atomic E-state index is 6.07. The zero-order valence-corrected chi connectivity index (χ0v) is 15.3. The van der Waals surface area contributed by atoms with E-state index in [1.807, 2.05) is 37.3 Å². The van der Waals surface area contributed by atoms with E-state index in [4.69, 9.17) is 21.3 Å². The average Bonchev–Trinajstić information content (AvgIpc) is 3.08. The lowest BCUT2D eigenvalue weighted by atomic mass is 10.2. The summed E-state index contributed by atoms with van der Waals surface area (Å²) in [6.45, 7) is 4.21. The van der Waals surface area contributed by atoms with Gasteiger partial charge in [0.1, 0.15) is 11.9 Å². The summed E-state index contributed by atoms with van der Waals surface area (Å²) in [5.74, 6) is 1.65. The van der Waals surface area contributed by atoms with Crippen LogP contribution in [0.25, 0.3) is 11.4 Å². The quantitative estimate of drug-likeness (QED) is 0.691. The molecule has 0 spiro atoms. The molecule has 7 heteroatoms. The van der Waals surface area contributed by atoms with Crippen LogP contribution >= 0.6 is 22.9 Å². The molecule has 1 aliphatic rings. The third kappa shape index (κ3) is 3.66. The van der Waals surface area contributed by atoms with Crippen LogP contribution in [0.1, 0.15) is 16.7 Å². The summed E-state index contributed by atoms with van der Waals surface area (Å²) in [6, 6.07) is 9.83. The molecule has 5 nitrogen and oxygen atoms in total. The fourth-order valence-corrected chi connectivity index (χ4v) is 3.98. The van der Waals surface area contributed by atoms with Crippen LogP contribution in [0.2, 0.25) is 4.34 Å². The maximum atomic E-state index is 6.07. The highest BCUT2D eigenvalue weighted by atomic mass is 35.5. The fraction of sp³-hybridized carbons (Fsp3) is 0.278. The lowest BCUT2D eigenvalue weighted by molar-refractivity contribution is 0.0418. The molecule has 25 heavy (non-hydrogen) atoms. The van der Waals surface area contributed by atoms with Crippen molar-refractivity contribution >= 4 is 28.8 Å². The van der Waals surface area contributed by atoms with Gasteiger partial charge in [-0.25, -0.2) is 9.97 Å². The monoisotopic (exact) mass is 372 g/mol. The van der Waals surface area contributed by atoms with Gasteiger partial charge in [-0.15, -0.1) is 11.3 Å². The van der Waals surface area contributed by atoms with Crippen molar-refractivity contribution in [2.45, 2.75) is 13.0 Å². The number of nitrogens with zero attached hydrogens (tertiary/aromatic N) is 4. The number of thiophene rings is 1. The minimum Gasteiger partial charge on any atom is -0.369 e. The van der Waals surface area contributed by atoms with E-state index < -0.39 is 0 Å². The van der Waals surface area contributed by atoms with E-state index in [1.165, 1.54) is 0 Å². The van der Waals surface area contributed by atoms with Gasteiger partial charge in [-0.2, -0.15) is 0 Å². The number of ether oxygens (including phenoxy) is 1. The third-order valence-electron chi connectivity index (χ3n) is 4.08. The van der Waals surface area contributed by atoms with Crippen LogP contribution in [0.3, 0.4) is 0 Å². The minimum atomic E-state index is 0.0193. The summed E-state index contributed by atoms with van der Waals surface area (Å²) in [5, 5.41) is 0. The van der Waals surface area contributed by atoms with Crippen molar-refractivity contribution in [1.29, 1.82) is 0 Å². The molecule has 3 aromatic rings. The highest BCUT2D eigenvalue weighted by molar-refractivity contribution is 7.16. The van der Waals surface area contributed by atoms with Crippen LogP contribution < -0.4 is 4.90 Å². The van der Waals surface area contributed by atoms with Crippen LogP contribution in [0.5, 0.6) is 0 Å². The van der Waals surface area contributed by atoms with Gasteiger partial charge in [0.05, 0.1) is 17.5 Å². The Balaban J connectivity index is 1.61. The lowest BCUT2D eigenvalue weighted by Crippen LogP contribution is -2.38. The number of morpholine rings is 1. The van der Waals surface area contributed by atoms with Gasteiger partial charge in [-0.1, -0.05) is 11.6 Å². The Kier molecular flexibility index (Phi) is 4.65. The molecular formula is C18H17ClN4OS. The third-order valence-corrected chi connectivity index (χ3v) is 5.40. The number of pyridine rings is 1. The topological polar surface area (TPSA) is 51.1 Å². The Morgan fingerprint density at radius 3 is 2.80 bits per heavy atom. The van der Waals surface area contributed by atoms with E-state index in [9.17, 15) is 0 Å². The number of hydrogen-bond donors (Lipinski definition) is 0. The molecule has 128 valence electrons. The van der Waals surface area contributed by atoms with Crippen molar-refractivity contribution in [2.75, 3.05) is 24.6 Å². The van der Waals surface area contributed by atoms with Crippen molar-refractivity contribution < 1.29 is 4.74 Å². The zero-order valence-electron chi connectivity index (χ0n) is 13.7. The molecule has 1 saturated heterocycles. The van der Waals surface area contributed by atoms with E-state index in [2.05, 4.69) is 14.9 Å². The Labute approximate surface area is 155 Å². The molecule has 0 unspecified atom stereocenters. The number of anilines is 1. The molecule has 0 aromatic carbocycles. The van der Waals surface area contributed by atoms with Gasteiger partial charge in [0, 0.05) is 41.1 Å². The van der Waals surface area contributed by atoms with Gasteiger partial charge in [-0.3, -0.25) is 4.98 Å². The summed E-state index contributed by atoms with van der Waals surface area (Å²) >= 11 is 7.63. The number of rotatable bonds is 3. The molecule has 0 saturated carbocycles. The largest absolute Gasteiger partial charge is 0.369 e. The molecule has 1 atom stereocenters. The molecule has 1 aliphatic heterocycles. The highest BCUT2D eigenvalue weighted by Gasteiger charge is 2.24. The molecule has 0 N–H and O–H groups in total. The zero-order chi connectivity index (χ0) is 17.2. The predicted octanol–water partition coefficient (Wildman–Crippen LogP) is 4.14. The number of aromatic nitrogens is 3. The molecular weight excluding hydrogens is 356 g/mol. The van der Waals surface area contributed by atoms with Crippen LogP contribution in [0, 0.1) is 6.92 Å². The normalized spacial score (nSPS) is 17.7. The van der Waals surface area contributed by atoms with Crippen molar-refractivity contribution in [2.24, 2.45) is 0 Å². The van der Waals surface area contributed by atoms with Crippen LogP contribution in [-0.4, -0.2) is 34.6 Å². The number of hydrogen-bond acceptors (Lipinski definition) is 6. The Hall–Kier alpha value is -2.02. The smallest absolute Gasteiger partial charge is 0.161 e. The van der Waals surface area contributed by atoms with Crippen molar-refractivity contribution in [1.82, 2.24) is 15.0 Å². The molecule has 1 fully saturated rings. The van der Waals surface area contributed by atoms with E-state index in [-0.39, 0.29) is 6.10 Å². The Bertz CT molecular complexity index is 871. The van der Waals surface area contributed by atoms with Crippen molar-refractivity contribution in [3.8, 4) is 11.4 Å². The molecule has 3 aromatic heterocycles. The van der Waals surface area contributed by atoms with Crippen LogP contribution in [0.15, 0.2) is 42.7 Å². The maximum Gasteiger partial charge on any atom is 0.161 e. The van der Waals surface area contributed by atoms with Crippen LogP contribution in [0.4, 0.5) is 5.82 Å². The molecule has 4 rings (SSSR count). The first-order valence-electron chi connectivity index (χ1n) is 8.07. The van der Waals surface area contributed by atoms with E-state index in [0.29, 0.717) is 6.61 Å². The average molecular weight is 373 g/mol. The van der Waals surface area contributed by atoms with Crippen molar-refractivity contribution in [3.63, 3.8) is 0 Å².